The fraction of sp³-hybridized carbons (Fsp3) is 0.600. The topological polar surface area (TPSA) is 18.5 Å². The molecule has 0 aliphatic heterocycles. The van der Waals surface area contributed by atoms with Gasteiger partial charge in [-0.2, -0.15) is 0 Å². The van der Waals surface area contributed by atoms with E-state index in [0.29, 0.717) is 19.2 Å². The van der Waals surface area contributed by atoms with Gasteiger partial charge in [0.15, 0.2) is 0 Å². The van der Waals surface area contributed by atoms with E-state index >= 15 is 0 Å². The molecule has 0 aliphatic rings. The Morgan fingerprint density at radius 2 is 1.59 bits per heavy atom. The Balaban J connectivity index is 4.14. The molecule has 0 aliphatic carbocycles. The van der Waals surface area contributed by atoms with Crippen molar-refractivity contribution in [2.45, 2.75) is 46.5 Å². The molecule has 96 valence electrons. The van der Waals surface area contributed by atoms with Crippen LogP contribution in [-0.2, 0) is 9.47 Å². The normalized spacial score (nSPS) is 9.59. The number of hydrogen-bond acceptors (Lipinski definition) is 2. The fourth-order valence-corrected chi connectivity index (χ4v) is 0.988. The molecule has 0 saturated heterocycles. The Labute approximate surface area is 106 Å². The molecular weight excluding hydrogens is 212 g/mol. The second-order valence-electron chi connectivity index (χ2n) is 3.64. The first-order valence-corrected chi connectivity index (χ1v) is 6.46. The zero-order chi connectivity index (χ0) is 12.8. The second-order valence-corrected chi connectivity index (χ2v) is 3.64. The molecule has 0 aromatic carbocycles. The highest BCUT2D eigenvalue weighted by molar-refractivity contribution is 5.23. The van der Waals surface area contributed by atoms with Gasteiger partial charge in [-0.1, -0.05) is 45.1 Å². The van der Waals surface area contributed by atoms with E-state index in [1.807, 2.05) is 6.08 Å². The summed E-state index contributed by atoms with van der Waals surface area (Å²) in [6, 6.07) is 0. The van der Waals surface area contributed by atoms with Crippen molar-refractivity contribution in [3.05, 3.63) is 24.2 Å². The van der Waals surface area contributed by atoms with Crippen molar-refractivity contribution >= 4 is 0 Å². The average molecular weight is 236 g/mol. The molecule has 0 unspecified atom stereocenters. The molecule has 2 nitrogen and oxygen atoms in total. The maximum atomic E-state index is 5.43. The quantitative estimate of drug-likeness (QED) is 0.468. The van der Waals surface area contributed by atoms with Gasteiger partial charge in [0.2, 0.25) is 0 Å². The smallest absolute Gasteiger partial charge is 0.287 e. The van der Waals surface area contributed by atoms with Crippen molar-refractivity contribution in [1.82, 2.24) is 0 Å². The summed E-state index contributed by atoms with van der Waals surface area (Å²) < 4.78 is 10.9. The van der Waals surface area contributed by atoms with Crippen LogP contribution in [0.15, 0.2) is 24.2 Å². The van der Waals surface area contributed by atoms with E-state index < -0.39 is 0 Å². The van der Waals surface area contributed by atoms with Crippen LogP contribution >= 0.6 is 0 Å². The van der Waals surface area contributed by atoms with Crippen molar-refractivity contribution < 1.29 is 9.47 Å². The first-order valence-electron chi connectivity index (χ1n) is 6.46. The molecular formula is C15H24O2. The lowest BCUT2D eigenvalue weighted by atomic mass is 10.3. The fourth-order valence-electron chi connectivity index (χ4n) is 0.988. The molecule has 0 bridgehead atoms. The molecule has 0 rings (SSSR count). The van der Waals surface area contributed by atoms with Gasteiger partial charge in [-0.15, -0.1) is 0 Å². The van der Waals surface area contributed by atoms with E-state index in [0.717, 1.165) is 25.7 Å². The van der Waals surface area contributed by atoms with Gasteiger partial charge in [0.1, 0.15) is 0 Å². The lowest BCUT2D eigenvalue weighted by Gasteiger charge is -2.08. The molecule has 0 amide bonds. The van der Waals surface area contributed by atoms with Crippen LogP contribution in [0, 0.1) is 11.8 Å². The molecule has 0 heterocycles. The van der Waals surface area contributed by atoms with E-state index in [-0.39, 0.29) is 0 Å². The molecule has 0 fully saturated rings. The number of unbranched alkanes of at least 4 members (excludes halogenated alkanes) is 1. The van der Waals surface area contributed by atoms with Gasteiger partial charge in [-0.05, 0) is 25.3 Å². The van der Waals surface area contributed by atoms with Crippen molar-refractivity contribution in [3.63, 3.8) is 0 Å². The summed E-state index contributed by atoms with van der Waals surface area (Å²) in [6.45, 7) is 7.62. The standard InChI is InChI=1S/C15H24O2/c1-4-7-8-9-10-11-12-15(16-13-5-2)17-14-6-3/h8-9,12H,4-7,13-14H2,1-3H3/b9-8-. The summed E-state index contributed by atoms with van der Waals surface area (Å²) in [4.78, 5) is 0. The van der Waals surface area contributed by atoms with E-state index in [1.54, 1.807) is 6.08 Å². The average Bonchev–Trinajstić information content (AvgIpc) is 2.35. The van der Waals surface area contributed by atoms with Crippen LogP contribution in [0.5, 0.6) is 0 Å². The highest BCUT2D eigenvalue weighted by Gasteiger charge is 1.95. The van der Waals surface area contributed by atoms with Gasteiger partial charge < -0.3 is 9.47 Å². The zero-order valence-electron chi connectivity index (χ0n) is 11.3. The summed E-state index contributed by atoms with van der Waals surface area (Å²) >= 11 is 0. The van der Waals surface area contributed by atoms with Crippen LogP contribution in [0.25, 0.3) is 0 Å². The molecule has 0 aromatic heterocycles. The number of rotatable bonds is 8. The third-order valence-corrected chi connectivity index (χ3v) is 1.83. The van der Waals surface area contributed by atoms with E-state index in [1.165, 1.54) is 0 Å². The number of hydrogen-bond donors (Lipinski definition) is 0. The molecule has 0 N–H and O–H groups in total. The summed E-state index contributed by atoms with van der Waals surface area (Å²) in [7, 11) is 0. The Morgan fingerprint density at radius 1 is 0.941 bits per heavy atom. The summed E-state index contributed by atoms with van der Waals surface area (Å²) in [5.74, 6) is 6.38. The summed E-state index contributed by atoms with van der Waals surface area (Å²) in [5.41, 5.74) is 0. The second kappa shape index (κ2) is 12.7. The van der Waals surface area contributed by atoms with Crippen LogP contribution in [0.2, 0.25) is 0 Å². The summed E-state index contributed by atoms with van der Waals surface area (Å²) in [6.07, 6.45) is 9.80. The molecule has 0 atom stereocenters. The number of allylic oxidation sites excluding steroid dienone is 3. The SMILES string of the molecule is CCC/C=C\C#CC=C(OCCC)OCCC. The molecule has 0 radical (unpaired) electrons. The largest absolute Gasteiger partial charge is 0.465 e. The monoisotopic (exact) mass is 236 g/mol. The molecule has 0 saturated carbocycles. The van der Waals surface area contributed by atoms with Gasteiger partial charge in [0, 0.05) is 0 Å². The van der Waals surface area contributed by atoms with E-state index in [9.17, 15) is 0 Å². The third-order valence-electron chi connectivity index (χ3n) is 1.83. The van der Waals surface area contributed by atoms with Crippen LogP contribution in [0.4, 0.5) is 0 Å². The Morgan fingerprint density at radius 3 is 2.12 bits per heavy atom. The van der Waals surface area contributed by atoms with Gasteiger partial charge in [0.25, 0.3) is 5.95 Å². The van der Waals surface area contributed by atoms with Crippen molar-refractivity contribution in [3.8, 4) is 11.8 Å². The maximum Gasteiger partial charge on any atom is 0.287 e. The van der Waals surface area contributed by atoms with Gasteiger partial charge in [-0.3, -0.25) is 0 Å². The summed E-state index contributed by atoms with van der Waals surface area (Å²) in [5, 5.41) is 0. The van der Waals surface area contributed by atoms with Crippen LogP contribution in [0.3, 0.4) is 0 Å². The minimum Gasteiger partial charge on any atom is -0.465 e. The van der Waals surface area contributed by atoms with Crippen molar-refractivity contribution in [2.24, 2.45) is 0 Å². The predicted molar refractivity (Wildman–Crippen MR) is 72.4 cm³/mol. The lowest BCUT2D eigenvalue weighted by molar-refractivity contribution is 0.0361. The molecule has 17 heavy (non-hydrogen) atoms. The third kappa shape index (κ3) is 10.9. The first-order chi connectivity index (χ1) is 8.35. The number of ether oxygens (including phenoxy) is 2. The van der Waals surface area contributed by atoms with Crippen LogP contribution in [-0.4, -0.2) is 13.2 Å². The highest BCUT2D eigenvalue weighted by atomic mass is 16.7. The maximum absolute atomic E-state index is 5.43. The van der Waals surface area contributed by atoms with Gasteiger partial charge in [0.05, 0.1) is 19.3 Å². The highest BCUT2D eigenvalue weighted by Crippen LogP contribution is 2.01. The minimum absolute atomic E-state index is 0.532. The molecule has 0 spiro atoms. The van der Waals surface area contributed by atoms with Crippen molar-refractivity contribution in [1.29, 1.82) is 0 Å². The van der Waals surface area contributed by atoms with E-state index in [4.69, 9.17) is 9.47 Å². The Kier molecular flexibility index (Phi) is 11.7. The first kappa shape index (κ1) is 15.6. The van der Waals surface area contributed by atoms with E-state index in [2.05, 4.69) is 38.7 Å². The zero-order valence-corrected chi connectivity index (χ0v) is 11.3. The Bertz CT molecular complexity index is 269. The van der Waals surface area contributed by atoms with Gasteiger partial charge >= 0.3 is 0 Å². The predicted octanol–water partition coefficient (Wildman–Crippen LogP) is 4.04. The molecule has 0 aromatic rings. The van der Waals surface area contributed by atoms with Crippen LogP contribution < -0.4 is 0 Å². The van der Waals surface area contributed by atoms with Crippen LogP contribution in [0.1, 0.15) is 46.5 Å². The minimum atomic E-state index is 0.532. The Hall–Kier alpha value is -1.36. The lowest BCUT2D eigenvalue weighted by Crippen LogP contribution is -1.99. The van der Waals surface area contributed by atoms with Gasteiger partial charge in [-0.25, -0.2) is 0 Å². The molecule has 2 heteroatoms. The van der Waals surface area contributed by atoms with Crippen molar-refractivity contribution in [2.75, 3.05) is 13.2 Å².